The summed E-state index contributed by atoms with van der Waals surface area (Å²) in [7, 11) is 0. The molecular weight excluding hydrogens is 152 g/mol. The van der Waals surface area contributed by atoms with Crippen molar-refractivity contribution in [3.63, 3.8) is 0 Å². The molecule has 0 aliphatic carbocycles. The van der Waals surface area contributed by atoms with E-state index in [9.17, 15) is 0 Å². The number of rotatable bonds is 3. The molecule has 2 N–H and O–H groups in total. The number of nitrogens with two attached hydrogens (primary N) is 1. The standard InChI is InChI=1S/C8H16N4/c1-4-12-6-7(10-11-12)5-8(2,3)9/h6H,4-5,9H2,1-3H3. The highest BCUT2D eigenvalue weighted by atomic mass is 15.4. The fraction of sp³-hybridized carbons (Fsp3) is 0.750. The van der Waals surface area contributed by atoms with E-state index in [1.165, 1.54) is 0 Å². The van der Waals surface area contributed by atoms with Crippen LogP contribution in [-0.2, 0) is 13.0 Å². The summed E-state index contributed by atoms with van der Waals surface area (Å²) in [5.74, 6) is 0. The Morgan fingerprint density at radius 2 is 2.25 bits per heavy atom. The zero-order chi connectivity index (χ0) is 9.19. The fourth-order valence-electron chi connectivity index (χ4n) is 1.04. The Morgan fingerprint density at radius 1 is 1.58 bits per heavy atom. The van der Waals surface area contributed by atoms with E-state index in [2.05, 4.69) is 10.3 Å². The normalized spacial score (nSPS) is 12.0. The zero-order valence-corrected chi connectivity index (χ0v) is 7.91. The largest absolute Gasteiger partial charge is 0.325 e. The molecule has 0 saturated carbocycles. The lowest BCUT2D eigenvalue weighted by molar-refractivity contribution is 0.509. The predicted octanol–water partition coefficient (Wildman–Crippen LogP) is 0.578. The van der Waals surface area contributed by atoms with Crippen LogP contribution in [-0.4, -0.2) is 20.5 Å². The Bertz CT molecular complexity index is 246. The van der Waals surface area contributed by atoms with Gasteiger partial charge in [0.2, 0.25) is 0 Å². The third-order valence-corrected chi connectivity index (χ3v) is 1.55. The molecule has 1 rings (SSSR count). The molecule has 0 saturated heterocycles. The lowest BCUT2D eigenvalue weighted by atomic mass is 10.0. The van der Waals surface area contributed by atoms with Gasteiger partial charge in [-0.1, -0.05) is 5.21 Å². The molecule has 1 heterocycles. The Hall–Kier alpha value is -0.900. The third kappa shape index (κ3) is 2.62. The van der Waals surface area contributed by atoms with Gasteiger partial charge in [-0.25, -0.2) is 0 Å². The summed E-state index contributed by atoms with van der Waals surface area (Å²) < 4.78 is 1.81. The van der Waals surface area contributed by atoms with Crippen molar-refractivity contribution in [1.29, 1.82) is 0 Å². The molecule has 0 bridgehead atoms. The number of hydrogen-bond donors (Lipinski definition) is 1. The van der Waals surface area contributed by atoms with E-state index < -0.39 is 0 Å². The van der Waals surface area contributed by atoms with Gasteiger partial charge in [-0.3, -0.25) is 4.68 Å². The second kappa shape index (κ2) is 3.23. The first-order valence-electron chi connectivity index (χ1n) is 4.19. The summed E-state index contributed by atoms with van der Waals surface area (Å²) in [6, 6.07) is 0. The highest BCUT2D eigenvalue weighted by Gasteiger charge is 2.13. The van der Waals surface area contributed by atoms with Gasteiger partial charge in [-0.15, -0.1) is 5.10 Å². The summed E-state index contributed by atoms with van der Waals surface area (Å²) in [5.41, 5.74) is 6.60. The smallest absolute Gasteiger partial charge is 0.0845 e. The first kappa shape index (κ1) is 9.19. The Balaban J connectivity index is 2.64. The van der Waals surface area contributed by atoms with Crippen LogP contribution in [0.15, 0.2) is 6.20 Å². The molecule has 0 spiro atoms. The molecule has 12 heavy (non-hydrogen) atoms. The monoisotopic (exact) mass is 168 g/mol. The first-order valence-corrected chi connectivity index (χ1v) is 4.19. The SMILES string of the molecule is CCn1cc(CC(C)(C)N)nn1. The fourth-order valence-corrected chi connectivity index (χ4v) is 1.04. The molecule has 1 aromatic rings. The lowest BCUT2D eigenvalue weighted by Crippen LogP contribution is -2.34. The van der Waals surface area contributed by atoms with Gasteiger partial charge in [0.05, 0.1) is 5.69 Å². The second-order valence-corrected chi connectivity index (χ2v) is 3.73. The van der Waals surface area contributed by atoms with Gasteiger partial charge in [0.15, 0.2) is 0 Å². The highest BCUT2D eigenvalue weighted by Crippen LogP contribution is 2.05. The van der Waals surface area contributed by atoms with Gasteiger partial charge in [0.25, 0.3) is 0 Å². The Kier molecular flexibility index (Phi) is 2.47. The quantitative estimate of drug-likeness (QED) is 0.718. The number of aryl methyl sites for hydroxylation is 1. The highest BCUT2D eigenvalue weighted by molar-refractivity contribution is 4.98. The van der Waals surface area contributed by atoms with Crippen LogP contribution in [0.2, 0.25) is 0 Å². The third-order valence-electron chi connectivity index (χ3n) is 1.55. The van der Waals surface area contributed by atoms with Crippen molar-refractivity contribution in [2.24, 2.45) is 5.73 Å². The molecule has 0 radical (unpaired) electrons. The van der Waals surface area contributed by atoms with Crippen molar-refractivity contribution in [3.05, 3.63) is 11.9 Å². The van der Waals surface area contributed by atoms with Crippen LogP contribution in [0.1, 0.15) is 26.5 Å². The minimum Gasteiger partial charge on any atom is -0.325 e. The molecule has 0 aromatic carbocycles. The van der Waals surface area contributed by atoms with Crippen LogP contribution in [0.3, 0.4) is 0 Å². The van der Waals surface area contributed by atoms with Crippen LogP contribution in [0, 0.1) is 0 Å². The van der Waals surface area contributed by atoms with Crippen LogP contribution < -0.4 is 5.73 Å². The van der Waals surface area contributed by atoms with Crippen molar-refractivity contribution in [2.45, 2.75) is 39.3 Å². The van der Waals surface area contributed by atoms with Crippen molar-refractivity contribution in [2.75, 3.05) is 0 Å². The zero-order valence-electron chi connectivity index (χ0n) is 7.91. The molecule has 4 nitrogen and oxygen atoms in total. The minimum atomic E-state index is -0.200. The van der Waals surface area contributed by atoms with Crippen LogP contribution >= 0.6 is 0 Å². The molecule has 0 unspecified atom stereocenters. The first-order chi connectivity index (χ1) is 5.51. The van der Waals surface area contributed by atoms with E-state index in [0.717, 1.165) is 18.7 Å². The average Bonchev–Trinajstić information content (AvgIpc) is 2.32. The maximum atomic E-state index is 5.84. The molecule has 4 heteroatoms. The maximum Gasteiger partial charge on any atom is 0.0845 e. The van der Waals surface area contributed by atoms with Crippen molar-refractivity contribution < 1.29 is 0 Å². The van der Waals surface area contributed by atoms with Gasteiger partial charge in [0.1, 0.15) is 0 Å². The van der Waals surface area contributed by atoms with Gasteiger partial charge < -0.3 is 5.73 Å². The molecular formula is C8H16N4. The summed E-state index contributed by atoms with van der Waals surface area (Å²) in [4.78, 5) is 0. The summed E-state index contributed by atoms with van der Waals surface area (Å²) in [6.45, 7) is 6.86. The van der Waals surface area contributed by atoms with E-state index in [1.807, 2.05) is 27.0 Å². The van der Waals surface area contributed by atoms with Crippen molar-refractivity contribution in [3.8, 4) is 0 Å². The van der Waals surface area contributed by atoms with E-state index >= 15 is 0 Å². The van der Waals surface area contributed by atoms with Crippen molar-refractivity contribution >= 4 is 0 Å². The maximum absolute atomic E-state index is 5.84. The Labute approximate surface area is 72.8 Å². The van der Waals surface area contributed by atoms with E-state index in [1.54, 1.807) is 4.68 Å². The second-order valence-electron chi connectivity index (χ2n) is 3.73. The van der Waals surface area contributed by atoms with Crippen LogP contribution in [0.4, 0.5) is 0 Å². The molecule has 0 amide bonds. The van der Waals surface area contributed by atoms with Crippen LogP contribution in [0.5, 0.6) is 0 Å². The lowest BCUT2D eigenvalue weighted by Gasteiger charge is -2.15. The molecule has 0 aliphatic rings. The van der Waals surface area contributed by atoms with Crippen molar-refractivity contribution in [1.82, 2.24) is 15.0 Å². The summed E-state index contributed by atoms with van der Waals surface area (Å²) in [5, 5.41) is 7.94. The van der Waals surface area contributed by atoms with Gasteiger partial charge in [0, 0.05) is 24.7 Å². The Morgan fingerprint density at radius 3 is 2.67 bits per heavy atom. The average molecular weight is 168 g/mol. The summed E-state index contributed by atoms with van der Waals surface area (Å²) >= 11 is 0. The molecule has 0 atom stereocenters. The predicted molar refractivity (Wildman–Crippen MR) is 47.7 cm³/mol. The van der Waals surface area contributed by atoms with Gasteiger partial charge in [-0.05, 0) is 20.8 Å². The van der Waals surface area contributed by atoms with E-state index in [0.29, 0.717) is 0 Å². The van der Waals surface area contributed by atoms with E-state index in [4.69, 9.17) is 5.73 Å². The summed E-state index contributed by atoms with van der Waals surface area (Å²) in [6.07, 6.45) is 2.71. The minimum absolute atomic E-state index is 0.200. The number of aromatic nitrogens is 3. The van der Waals surface area contributed by atoms with Gasteiger partial charge in [-0.2, -0.15) is 0 Å². The van der Waals surface area contributed by atoms with Gasteiger partial charge >= 0.3 is 0 Å². The van der Waals surface area contributed by atoms with E-state index in [-0.39, 0.29) is 5.54 Å². The molecule has 0 aliphatic heterocycles. The topological polar surface area (TPSA) is 56.7 Å². The molecule has 0 fully saturated rings. The number of hydrogen-bond acceptors (Lipinski definition) is 3. The number of nitrogens with zero attached hydrogens (tertiary/aromatic N) is 3. The molecule has 68 valence electrons. The van der Waals surface area contributed by atoms with Crippen LogP contribution in [0.25, 0.3) is 0 Å². The molecule has 1 aromatic heterocycles.